The lowest BCUT2D eigenvalue weighted by atomic mass is 10.2. The van der Waals surface area contributed by atoms with Crippen molar-refractivity contribution in [2.75, 3.05) is 11.9 Å². The topological polar surface area (TPSA) is 91.0 Å². The molecule has 2 N–H and O–H groups in total. The highest BCUT2D eigenvalue weighted by molar-refractivity contribution is 7.13. The van der Waals surface area contributed by atoms with E-state index in [0.717, 1.165) is 6.42 Å². The highest BCUT2D eigenvalue weighted by Gasteiger charge is 2.16. The number of aromatic nitrogens is 3. The monoisotopic (exact) mass is 377 g/mol. The maximum Gasteiger partial charge on any atom is 0.324 e. The van der Waals surface area contributed by atoms with Crippen LogP contribution < -0.4 is 10.9 Å². The van der Waals surface area contributed by atoms with Crippen molar-refractivity contribution in [2.45, 2.75) is 19.9 Å². The van der Waals surface area contributed by atoms with Crippen LogP contribution in [0.2, 0.25) is 5.02 Å². The summed E-state index contributed by atoms with van der Waals surface area (Å²) in [5.74, 6) is 0.405. The molecule has 0 unspecified atom stereocenters. The molecule has 7 nitrogen and oxygen atoms in total. The van der Waals surface area contributed by atoms with Crippen molar-refractivity contribution in [2.24, 2.45) is 0 Å². The number of halogens is 1. The third-order valence-corrected chi connectivity index (χ3v) is 4.41. The van der Waals surface area contributed by atoms with Crippen molar-refractivity contribution in [3.05, 3.63) is 51.0 Å². The van der Waals surface area contributed by atoms with E-state index in [-0.39, 0.29) is 18.1 Å². The van der Waals surface area contributed by atoms with Gasteiger partial charge in [0.05, 0.1) is 17.4 Å². The average molecular weight is 378 g/mol. The molecule has 25 heavy (non-hydrogen) atoms. The lowest BCUT2D eigenvalue weighted by molar-refractivity contribution is 0.207. The van der Waals surface area contributed by atoms with Crippen LogP contribution in [0.3, 0.4) is 0 Å². The van der Waals surface area contributed by atoms with Crippen LogP contribution in [0, 0.1) is 0 Å². The van der Waals surface area contributed by atoms with E-state index in [1.54, 1.807) is 34.7 Å². The normalized spacial score (nSPS) is 10.8. The van der Waals surface area contributed by atoms with Crippen LogP contribution in [0.25, 0.3) is 10.9 Å². The molecule has 1 aromatic carbocycles. The zero-order valence-electron chi connectivity index (χ0n) is 13.5. The minimum absolute atomic E-state index is 0.183. The van der Waals surface area contributed by atoms with Crippen molar-refractivity contribution < 1.29 is 4.79 Å². The molecule has 0 spiro atoms. The van der Waals surface area contributed by atoms with Crippen LogP contribution in [0.5, 0.6) is 0 Å². The summed E-state index contributed by atoms with van der Waals surface area (Å²) in [6.07, 6.45) is 2.39. The van der Waals surface area contributed by atoms with Crippen LogP contribution in [-0.4, -0.2) is 32.4 Å². The Hall–Kier alpha value is -2.45. The molecule has 0 bridgehead atoms. The van der Waals surface area contributed by atoms with E-state index < -0.39 is 0 Å². The van der Waals surface area contributed by atoms with E-state index >= 15 is 0 Å². The number of nitrogens with zero attached hydrogens (tertiary/aromatic N) is 3. The van der Waals surface area contributed by atoms with Crippen molar-refractivity contribution in [3.8, 4) is 0 Å². The van der Waals surface area contributed by atoms with Gasteiger partial charge in [0.2, 0.25) is 0 Å². The van der Waals surface area contributed by atoms with E-state index in [1.807, 2.05) is 6.92 Å². The molecule has 0 aliphatic rings. The molecule has 0 atom stereocenters. The smallest absolute Gasteiger partial charge is 0.317 e. The molecule has 3 aromatic rings. The van der Waals surface area contributed by atoms with Crippen LogP contribution >= 0.6 is 22.9 Å². The zero-order valence-corrected chi connectivity index (χ0v) is 15.0. The Bertz CT molecular complexity index is 941. The molecule has 0 saturated carbocycles. The molecule has 0 aliphatic carbocycles. The lowest BCUT2D eigenvalue weighted by Gasteiger charge is -2.21. The number of aromatic amines is 1. The first-order chi connectivity index (χ1) is 12.1. The summed E-state index contributed by atoms with van der Waals surface area (Å²) in [4.78, 5) is 37.4. The van der Waals surface area contributed by atoms with Crippen LogP contribution in [0.15, 0.2) is 34.6 Å². The van der Waals surface area contributed by atoms with Crippen molar-refractivity contribution >= 4 is 45.0 Å². The number of fused-ring (bicyclic) bond motifs is 1. The second-order valence-corrected chi connectivity index (χ2v) is 6.69. The molecular weight excluding hydrogens is 362 g/mol. The van der Waals surface area contributed by atoms with Gasteiger partial charge in [-0.25, -0.2) is 14.8 Å². The van der Waals surface area contributed by atoms with Crippen molar-refractivity contribution in [1.82, 2.24) is 19.9 Å². The minimum atomic E-state index is -0.286. The van der Waals surface area contributed by atoms with Crippen LogP contribution in [0.1, 0.15) is 19.2 Å². The fourth-order valence-electron chi connectivity index (χ4n) is 2.39. The molecule has 0 saturated heterocycles. The van der Waals surface area contributed by atoms with E-state index in [9.17, 15) is 9.59 Å². The van der Waals surface area contributed by atoms with Crippen LogP contribution in [-0.2, 0) is 6.54 Å². The van der Waals surface area contributed by atoms with Gasteiger partial charge in [0.1, 0.15) is 5.82 Å². The molecular formula is C16H16ClN5O2S. The Kier molecular flexibility index (Phi) is 5.30. The maximum absolute atomic E-state index is 12.4. The van der Waals surface area contributed by atoms with E-state index in [1.165, 1.54) is 11.3 Å². The Morgan fingerprint density at radius 2 is 2.28 bits per heavy atom. The first-order valence-electron chi connectivity index (χ1n) is 7.70. The SMILES string of the molecule is CCCN(Cc1nc2cc(Cl)ccc2c(=O)[nH]1)C(=O)Nc1nccs1. The second-order valence-electron chi connectivity index (χ2n) is 5.36. The third-order valence-electron chi connectivity index (χ3n) is 3.49. The molecule has 0 radical (unpaired) electrons. The Balaban J connectivity index is 1.85. The minimum Gasteiger partial charge on any atom is -0.317 e. The standard InChI is InChI=1S/C16H16ClN5O2S/c1-2-6-22(16(24)21-15-18-5-7-25-15)9-13-19-12-8-10(17)3-4-11(12)14(23)20-13/h3-5,7-8H,2,6,9H2,1H3,(H,18,21,24)(H,19,20,23). The fourth-order valence-corrected chi connectivity index (χ4v) is 3.08. The third kappa shape index (κ3) is 4.15. The second kappa shape index (κ2) is 7.62. The number of amides is 2. The summed E-state index contributed by atoms with van der Waals surface area (Å²) in [7, 11) is 0. The number of hydrogen-bond acceptors (Lipinski definition) is 5. The van der Waals surface area contributed by atoms with Gasteiger partial charge in [-0.2, -0.15) is 0 Å². The first kappa shape index (κ1) is 17.4. The molecule has 0 aliphatic heterocycles. The number of benzene rings is 1. The highest BCUT2D eigenvalue weighted by atomic mass is 35.5. The van der Waals surface area contributed by atoms with Crippen LogP contribution in [0.4, 0.5) is 9.93 Å². The Morgan fingerprint density at radius 1 is 1.44 bits per heavy atom. The molecule has 2 heterocycles. The quantitative estimate of drug-likeness (QED) is 0.712. The van der Waals surface area contributed by atoms with Gasteiger partial charge in [0, 0.05) is 23.1 Å². The Morgan fingerprint density at radius 3 is 3.00 bits per heavy atom. The molecule has 9 heteroatoms. The summed E-state index contributed by atoms with van der Waals surface area (Å²) < 4.78 is 0. The number of nitrogens with one attached hydrogen (secondary N) is 2. The molecule has 2 amide bonds. The summed E-state index contributed by atoms with van der Waals surface area (Å²) in [5.41, 5.74) is 0.247. The van der Waals surface area contributed by atoms with E-state index in [0.29, 0.717) is 33.4 Å². The first-order valence-corrected chi connectivity index (χ1v) is 8.96. The van der Waals surface area contributed by atoms with Gasteiger partial charge >= 0.3 is 6.03 Å². The average Bonchev–Trinajstić information content (AvgIpc) is 3.07. The summed E-state index contributed by atoms with van der Waals surface area (Å²) in [6.45, 7) is 2.68. The van der Waals surface area contributed by atoms with E-state index in [4.69, 9.17) is 11.6 Å². The molecule has 130 valence electrons. The number of hydrogen-bond donors (Lipinski definition) is 2. The predicted octanol–water partition coefficient (Wildman–Crippen LogP) is 3.48. The van der Waals surface area contributed by atoms with E-state index in [2.05, 4.69) is 20.3 Å². The number of carbonyl (C=O) groups excluding carboxylic acids is 1. The van der Waals surface area contributed by atoms with Gasteiger partial charge in [0.15, 0.2) is 5.13 Å². The van der Waals surface area contributed by atoms with Gasteiger partial charge in [-0.05, 0) is 24.6 Å². The van der Waals surface area contributed by atoms with Gasteiger partial charge < -0.3 is 9.88 Å². The largest absolute Gasteiger partial charge is 0.324 e. The van der Waals surface area contributed by atoms with Gasteiger partial charge in [0.25, 0.3) is 5.56 Å². The van der Waals surface area contributed by atoms with Gasteiger partial charge in [-0.3, -0.25) is 10.1 Å². The highest BCUT2D eigenvalue weighted by Crippen LogP contribution is 2.16. The van der Waals surface area contributed by atoms with Gasteiger partial charge in [-0.15, -0.1) is 11.3 Å². The van der Waals surface area contributed by atoms with Crippen molar-refractivity contribution in [3.63, 3.8) is 0 Å². The van der Waals surface area contributed by atoms with Gasteiger partial charge in [-0.1, -0.05) is 18.5 Å². The number of anilines is 1. The number of carbonyl (C=O) groups is 1. The number of rotatable bonds is 5. The predicted molar refractivity (Wildman–Crippen MR) is 99.2 cm³/mol. The molecule has 3 rings (SSSR count). The number of urea groups is 1. The fraction of sp³-hybridized carbons (Fsp3) is 0.250. The molecule has 0 fully saturated rings. The lowest BCUT2D eigenvalue weighted by Crippen LogP contribution is -2.36. The Labute approximate surface area is 152 Å². The molecule has 2 aromatic heterocycles. The maximum atomic E-state index is 12.4. The summed E-state index contributed by atoms with van der Waals surface area (Å²) >= 11 is 7.32. The van der Waals surface area contributed by atoms with Crippen molar-refractivity contribution in [1.29, 1.82) is 0 Å². The summed E-state index contributed by atoms with van der Waals surface area (Å²) in [5, 5.41) is 6.01. The number of thiazole rings is 1. The number of H-pyrrole nitrogens is 1. The zero-order chi connectivity index (χ0) is 17.8. The summed E-state index contributed by atoms with van der Waals surface area (Å²) in [6, 6.07) is 4.62.